The van der Waals surface area contributed by atoms with Crippen molar-refractivity contribution in [2.45, 2.75) is 25.9 Å². The molecule has 92 valence electrons. The molecule has 0 aliphatic carbocycles. The second-order valence-electron chi connectivity index (χ2n) is 4.68. The fourth-order valence-corrected chi connectivity index (χ4v) is 2.05. The van der Waals surface area contributed by atoms with Crippen LogP contribution in [-0.4, -0.2) is 35.2 Å². The molecule has 1 unspecified atom stereocenters. The predicted molar refractivity (Wildman–Crippen MR) is 66.1 cm³/mol. The number of amides is 1. The molecule has 1 aromatic rings. The molecule has 4 nitrogen and oxygen atoms in total. The van der Waals surface area contributed by atoms with Gasteiger partial charge in [-0.15, -0.1) is 0 Å². The van der Waals surface area contributed by atoms with Crippen molar-refractivity contribution in [2.24, 2.45) is 0 Å². The molecule has 4 heteroatoms. The number of carboxylic acid groups (broad SMARTS) is 1. The third-order valence-electron chi connectivity index (χ3n) is 3.22. The van der Waals surface area contributed by atoms with Gasteiger partial charge in [0.2, 0.25) is 0 Å². The standard InChI is InChI=1S/C13H18N2O2/c1-9-3-5-11(6-4-9)10(2)14-12-7-15(8-12)13(16)17/h3-6,10,12,14H,7-8H2,1-2H3,(H,16,17). The Labute approximate surface area is 101 Å². The Morgan fingerprint density at radius 2 is 2.00 bits per heavy atom. The van der Waals surface area contributed by atoms with Crippen molar-refractivity contribution < 1.29 is 9.90 Å². The lowest BCUT2D eigenvalue weighted by molar-refractivity contribution is 0.0926. The van der Waals surface area contributed by atoms with Crippen molar-refractivity contribution >= 4 is 6.09 Å². The summed E-state index contributed by atoms with van der Waals surface area (Å²) >= 11 is 0. The molecule has 0 aromatic heterocycles. The average Bonchev–Trinajstić information content (AvgIpc) is 2.23. The number of nitrogens with one attached hydrogen (secondary N) is 1. The van der Waals surface area contributed by atoms with Gasteiger partial charge in [0.1, 0.15) is 0 Å². The van der Waals surface area contributed by atoms with Crippen LogP contribution < -0.4 is 5.32 Å². The quantitative estimate of drug-likeness (QED) is 0.841. The average molecular weight is 234 g/mol. The fraction of sp³-hybridized carbons (Fsp3) is 0.462. The van der Waals surface area contributed by atoms with Crippen LogP contribution in [0, 0.1) is 6.92 Å². The molecule has 0 saturated carbocycles. The molecule has 0 spiro atoms. The van der Waals surface area contributed by atoms with Crippen molar-refractivity contribution in [3.63, 3.8) is 0 Å². The van der Waals surface area contributed by atoms with E-state index in [9.17, 15) is 4.79 Å². The molecule has 1 aliphatic heterocycles. The van der Waals surface area contributed by atoms with Crippen molar-refractivity contribution in [3.05, 3.63) is 35.4 Å². The molecule has 0 bridgehead atoms. The van der Waals surface area contributed by atoms with Crippen LogP contribution in [0.1, 0.15) is 24.1 Å². The number of carbonyl (C=O) groups is 1. The number of benzene rings is 1. The van der Waals surface area contributed by atoms with Crippen LogP contribution in [-0.2, 0) is 0 Å². The van der Waals surface area contributed by atoms with Crippen molar-refractivity contribution in [2.75, 3.05) is 13.1 Å². The highest BCUT2D eigenvalue weighted by molar-refractivity contribution is 5.66. The first-order valence-electron chi connectivity index (χ1n) is 5.87. The van der Waals surface area contributed by atoms with Crippen LogP contribution in [0.2, 0.25) is 0 Å². The first-order chi connectivity index (χ1) is 8.06. The van der Waals surface area contributed by atoms with Crippen LogP contribution in [0.25, 0.3) is 0 Å². The van der Waals surface area contributed by atoms with Gasteiger partial charge in [-0.1, -0.05) is 29.8 Å². The summed E-state index contributed by atoms with van der Waals surface area (Å²) < 4.78 is 0. The summed E-state index contributed by atoms with van der Waals surface area (Å²) in [6, 6.07) is 8.95. The molecule has 1 atom stereocenters. The molecule has 1 amide bonds. The summed E-state index contributed by atoms with van der Waals surface area (Å²) in [6.07, 6.45) is -0.828. The van der Waals surface area contributed by atoms with Gasteiger partial charge >= 0.3 is 6.09 Å². The Morgan fingerprint density at radius 1 is 1.41 bits per heavy atom. The van der Waals surface area contributed by atoms with E-state index in [1.54, 1.807) is 0 Å². The molecule has 2 rings (SSSR count). The number of hydrogen-bond acceptors (Lipinski definition) is 2. The third-order valence-corrected chi connectivity index (χ3v) is 3.22. The highest BCUT2D eigenvalue weighted by Gasteiger charge is 2.31. The van der Waals surface area contributed by atoms with Gasteiger partial charge in [0, 0.05) is 25.2 Å². The van der Waals surface area contributed by atoms with Gasteiger partial charge in [0.05, 0.1) is 0 Å². The number of likely N-dealkylation sites (tertiary alicyclic amines) is 1. The van der Waals surface area contributed by atoms with E-state index < -0.39 is 6.09 Å². The van der Waals surface area contributed by atoms with Crippen molar-refractivity contribution in [1.82, 2.24) is 10.2 Å². The lowest BCUT2D eigenvalue weighted by atomic mass is 10.0. The molecule has 0 radical (unpaired) electrons. The second-order valence-corrected chi connectivity index (χ2v) is 4.68. The number of hydrogen-bond donors (Lipinski definition) is 2. The number of nitrogens with zero attached hydrogens (tertiary/aromatic N) is 1. The van der Waals surface area contributed by atoms with E-state index in [1.165, 1.54) is 16.0 Å². The minimum absolute atomic E-state index is 0.261. The largest absolute Gasteiger partial charge is 0.465 e. The van der Waals surface area contributed by atoms with Gasteiger partial charge < -0.3 is 15.3 Å². The van der Waals surface area contributed by atoms with Crippen LogP contribution in [0.5, 0.6) is 0 Å². The predicted octanol–water partition coefficient (Wildman–Crippen LogP) is 2.01. The Bertz CT molecular complexity index is 396. The SMILES string of the molecule is Cc1ccc(C(C)NC2CN(C(=O)O)C2)cc1. The molecule has 1 saturated heterocycles. The minimum Gasteiger partial charge on any atom is -0.465 e. The number of aryl methyl sites for hydroxylation is 1. The Balaban J connectivity index is 1.84. The zero-order valence-corrected chi connectivity index (χ0v) is 10.2. The van der Waals surface area contributed by atoms with Gasteiger partial charge in [-0.3, -0.25) is 0 Å². The normalized spacial score (nSPS) is 17.6. The molecule has 1 heterocycles. The topological polar surface area (TPSA) is 52.6 Å². The molecular weight excluding hydrogens is 216 g/mol. The Hall–Kier alpha value is -1.55. The number of rotatable bonds is 3. The van der Waals surface area contributed by atoms with E-state index in [1.807, 2.05) is 0 Å². The smallest absolute Gasteiger partial charge is 0.407 e. The van der Waals surface area contributed by atoms with Gasteiger partial charge in [0.25, 0.3) is 0 Å². The molecule has 17 heavy (non-hydrogen) atoms. The summed E-state index contributed by atoms with van der Waals surface area (Å²) in [5, 5.41) is 12.2. The maximum Gasteiger partial charge on any atom is 0.407 e. The van der Waals surface area contributed by atoms with Crippen LogP contribution >= 0.6 is 0 Å². The highest BCUT2D eigenvalue weighted by Crippen LogP contribution is 2.17. The molecule has 2 N–H and O–H groups in total. The summed E-state index contributed by atoms with van der Waals surface area (Å²) in [4.78, 5) is 12.0. The monoisotopic (exact) mass is 234 g/mol. The lowest BCUT2D eigenvalue weighted by Gasteiger charge is -2.39. The summed E-state index contributed by atoms with van der Waals surface area (Å²) in [6.45, 7) is 5.35. The fourth-order valence-electron chi connectivity index (χ4n) is 2.05. The first-order valence-corrected chi connectivity index (χ1v) is 5.87. The first kappa shape index (κ1) is 11.9. The molecule has 1 aromatic carbocycles. The Morgan fingerprint density at radius 3 is 2.53 bits per heavy atom. The van der Waals surface area contributed by atoms with Crippen molar-refractivity contribution in [3.8, 4) is 0 Å². The maximum absolute atomic E-state index is 10.6. The second kappa shape index (κ2) is 4.75. The minimum atomic E-state index is -0.828. The van der Waals surface area contributed by atoms with Gasteiger partial charge in [0.15, 0.2) is 0 Å². The van der Waals surface area contributed by atoms with Crippen LogP contribution in [0.3, 0.4) is 0 Å². The van der Waals surface area contributed by atoms with E-state index >= 15 is 0 Å². The zero-order chi connectivity index (χ0) is 12.4. The van der Waals surface area contributed by atoms with Crippen molar-refractivity contribution in [1.29, 1.82) is 0 Å². The Kier molecular flexibility index (Phi) is 3.33. The van der Waals surface area contributed by atoms with Gasteiger partial charge in [-0.2, -0.15) is 0 Å². The third kappa shape index (κ3) is 2.77. The summed E-state index contributed by atoms with van der Waals surface area (Å²) in [5.74, 6) is 0. The summed E-state index contributed by atoms with van der Waals surface area (Å²) in [5.41, 5.74) is 2.49. The molecule has 1 aliphatic rings. The van der Waals surface area contributed by atoms with Gasteiger partial charge in [-0.25, -0.2) is 4.79 Å². The van der Waals surface area contributed by atoms with Crippen LogP contribution in [0.15, 0.2) is 24.3 Å². The molecular formula is C13H18N2O2. The van der Waals surface area contributed by atoms with Crippen LogP contribution in [0.4, 0.5) is 4.79 Å². The van der Waals surface area contributed by atoms with E-state index in [0.29, 0.717) is 13.1 Å². The maximum atomic E-state index is 10.6. The highest BCUT2D eigenvalue weighted by atomic mass is 16.4. The van der Waals surface area contributed by atoms with Gasteiger partial charge in [-0.05, 0) is 19.4 Å². The zero-order valence-electron chi connectivity index (χ0n) is 10.2. The van der Waals surface area contributed by atoms with E-state index in [0.717, 1.165) is 0 Å². The lowest BCUT2D eigenvalue weighted by Crippen LogP contribution is -2.59. The van der Waals surface area contributed by atoms with E-state index in [2.05, 4.69) is 43.4 Å². The summed E-state index contributed by atoms with van der Waals surface area (Å²) in [7, 11) is 0. The van der Waals surface area contributed by atoms with E-state index in [4.69, 9.17) is 5.11 Å². The van der Waals surface area contributed by atoms with E-state index in [-0.39, 0.29) is 12.1 Å². The molecule has 1 fully saturated rings.